The molecular formula is C12H18FN3O. The molecule has 5 heteroatoms. The number of alkyl halides is 1. The molecule has 2 rings (SSSR count). The van der Waals surface area contributed by atoms with Gasteiger partial charge in [-0.15, -0.1) is 0 Å². The van der Waals surface area contributed by atoms with Crippen molar-refractivity contribution >= 4 is 5.91 Å². The van der Waals surface area contributed by atoms with Crippen molar-refractivity contribution < 1.29 is 9.18 Å². The summed E-state index contributed by atoms with van der Waals surface area (Å²) < 4.78 is 14.4. The third kappa shape index (κ3) is 2.65. The summed E-state index contributed by atoms with van der Waals surface area (Å²) in [6.45, 7) is 4.05. The Labute approximate surface area is 100 Å². The van der Waals surface area contributed by atoms with E-state index in [0.717, 1.165) is 12.8 Å². The van der Waals surface area contributed by atoms with Gasteiger partial charge in [-0.1, -0.05) is 0 Å². The molecule has 1 amide bonds. The number of amides is 1. The van der Waals surface area contributed by atoms with E-state index in [4.69, 9.17) is 0 Å². The maximum Gasteiger partial charge on any atom is 0.271 e. The number of carbonyl (C=O) groups is 1. The van der Waals surface area contributed by atoms with E-state index in [2.05, 4.69) is 10.4 Å². The molecule has 0 saturated heterocycles. The molecule has 1 aliphatic carbocycles. The number of hydrogen-bond donors (Lipinski definition) is 1. The van der Waals surface area contributed by atoms with Crippen LogP contribution in [0.3, 0.4) is 0 Å². The molecule has 0 radical (unpaired) electrons. The van der Waals surface area contributed by atoms with Crippen LogP contribution in [0.1, 0.15) is 43.2 Å². The monoisotopic (exact) mass is 239 g/mol. The van der Waals surface area contributed by atoms with Crippen LogP contribution in [-0.2, 0) is 0 Å². The third-order valence-corrected chi connectivity index (χ3v) is 3.23. The number of nitrogens with one attached hydrogen (secondary N) is 1. The van der Waals surface area contributed by atoms with Gasteiger partial charge in [-0.2, -0.15) is 5.10 Å². The van der Waals surface area contributed by atoms with Crippen LogP contribution in [-0.4, -0.2) is 28.9 Å². The molecule has 1 heterocycles. The molecule has 1 saturated carbocycles. The Hall–Kier alpha value is -1.39. The fourth-order valence-electron chi connectivity index (χ4n) is 1.64. The summed E-state index contributed by atoms with van der Waals surface area (Å²) in [5.41, 5.74) is 0.115. The summed E-state index contributed by atoms with van der Waals surface area (Å²) in [6.07, 6.45) is 3.51. The molecule has 1 aromatic rings. The highest BCUT2D eigenvalue weighted by Crippen LogP contribution is 2.45. The molecule has 0 spiro atoms. The molecule has 0 bridgehead atoms. The van der Waals surface area contributed by atoms with Crippen LogP contribution in [0.5, 0.6) is 0 Å². The Morgan fingerprint density at radius 3 is 2.82 bits per heavy atom. The van der Waals surface area contributed by atoms with E-state index >= 15 is 0 Å². The first kappa shape index (κ1) is 12.1. The zero-order valence-electron chi connectivity index (χ0n) is 10.2. The maximum absolute atomic E-state index is 12.6. The topological polar surface area (TPSA) is 46.9 Å². The lowest BCUT2D eigenvalue weighted by molar-refractivity contribution is 0.0936. The summed E-state index contributed by atoms with van der Waals surface area (Å²) >= 11 is 0. The average Bonchev–Trinajstić information content (AvgIpc) is 2.92. The predicted molar refractivity (Wildman–Crippen MR) is 62.6 cm³/mol. The lowest BCUT2D eigenvalue weighted by atomic mass is 10.1. The number of rotatable bonds is 5. The van der Waals surface area contributed by atoms with Gasteiger partial charge in [0.1, 0.15) is 5.69 Å². The van der Waals surface area contributed by atoms with Gasteiger partial charge in [0.2, 0.25) is 0 Å². The van der Waals surface area contributed by atoms with Crippen molar-refractivity contribution in [2.45, 2.75) is 32.7 Å². The van der Waals surface area contributed by atoms with Crippen molar-refractivity contribution in [1.82, 2.24) is 15.1 Å². The zero-order valence-corrected chi connectivity index (χ0v) is 10.2. The van der Waals surface area contributed by atoms with Gasteiger partial charge in [0.05, 0.1) is 6.67 Å². The minimum absolute atomic E-state index is 0.218. The molecule has 17 heavy (non-hydrogen) atoms. The van der Waals surface area contributed by atoms with Crippen LogP contribution in [0.2, 0.25) is 0 Å². The van der Waals surface area contributed by atoms with Crippen molar-refractivity contribution in [2.75, 3.05) is 13.2 Å². The fourth-order valence-corrected chi connectivity index (χ4v) is 1.64. The van der Waals surface area contributed by atoms with Crippen molar-refractivity contribution in [3.63, 3.8) is 0 Å². The van der Waals surface area contributed by atoms with Crippen LogP contribution in [0.25, 0.3) is 0 Å². The molecule has 1 N–H and O–H groups in total. The van der Waals surface area contributed by atoms with Gasteiger partial charge in [-0.25, -0.2) is 0 Å². The summed E-state index contributed by atoms with van der Waals surface area (Å²) in [6, 6.07) is 1.92. The quantitative estimate of drug-likeness (QED) is 0.853. The number of hydrogen-bond acceptors (Lipinski definition) is 2. The number of nitrogens with zero attached hydrogens (tertiary/aromatic N) is 2. The molecule has 94 valence electrons. The predicted octanol–water partition coefficient (Wildman–Crippen LogP) is 1.94. The highest BCUT2D eigenvalue weighted by molar-refractivity contribution is 5.92. The Morgan fingerprint density at radius 1 is 1.65 bits per heavy atom. The van der Waals surface area contributed by atoms with E-state index in [1.54, 1.807) is 16.9 Å². The van der Waals surface area contributed by atoms with Gasteiger partial charge in [0.15, 0.2) is 0 Å². The first-order valence-corrected chi connectivity index (χ1v) is 5.96. The summed E-state index contributed by atoms with van der Waals surface area (Å²) in [5.74, 6) is -0.218. The molecular weight excluding hydrogens is 221 g/mol. The number of halogens is 1. The molecule has 0 unspecified atom stereocenters. The van der Waals surface area contributed by atoms with E-state index in [9.17, 15) is 9.18 Å². The van der Waals surface area contributed by atoms with Gasteiger partial charge in [0, 0.05) is 24.2 Å². The molecule has 4 nitrogen and oxygen atoms in total. The van der Waals surface area contributed by atoms with Gasteiger partial charge in [-0.3, -0.25) is 13.9 Å². The van der Waals surface area contributed by atoms with Crippen LogP contribution in [0, 0.1) is 5.41 Å². The lowest BCUT2D eigenvalue weighted by Gasteiger charge is -2.10. The van der Waals surface area contributed by atoms with Gasteiger partial charge in [-0.05, 0) is 32.8 Å². The smallest absolute Gasteiger partial charge is 0.271 e. The van der Waals surface area contributed by atoms with Gasteiger partial charge in [0.25, 0.3) is 5.91 Å². The Kier molecular flexibility index (Phi) is 3.17. The largest absolute Gasteiger partial charge is 0.350 e. The second kappa shape index (κ2) is 4.47. The summed E-state index contributed by atoms with van der Waals surface area (Å²) in [5, 5.41) is 6.92. The highest BCUT2D eigenvalue weighted by atomic mass is 19.1. The molecule has 0 aromatic carbocycles. The second-order valence-electron chi connectivity index (χ2n) is 5.09. The molecule has 1 aromatic heterocycles. The summed E-state index contributed by atoms with van der Waals surface area (Å²) in [7, 11) is 0. The standard InChI is InChI=1S/C12H18FN3O/c1-9(2)16-6-3-10(15-16)11(17)14-8-12(7-13)4-5-12/h3,6,9H,4-5,7-8H2,1-2H3,(H,14,17). The average molecular weight is 239 g/mol. The Bertz CT molecular complexity index is 410. The van der Waals surface area contributed by atoms with Crippen molar-refractivity contribution in [2.24, 2.45) is 5.41 Å². The minimum atomic E-state index is -0.353. The number of carbonyl (C=O) groups excluding carboxylic acids is 1. The van der Waals surface area contributed by atoms with E-state index in [1.807, 2.05) is 13.8 Å². The Balaban J connectivity index is 1.90. The Morgan fingerprint density at radius 2 is 2.35 bits per heavy atom. The van der Waals surface area contributed by atoms with Crippen molar-refractivity contribution in [3.05, 3.63) is 18.0 Å². The molecule has 0 atom stereocenters. The molecule has 1 aliphatic rings. The molecule has 1 fully saturated rings. The van der Waals surface area contributed by atoms with Crippen LogP contribution in [0.15, 0.2) is 12.3 Å². The first-order valence-electron chi connectivity index (χ1n) is 5.96. The highest BCUT2D eigenvalue weighted by Gasteiger charge is 2.43. The zero-order chi connectivity index (χ0) is 12.5. The SMILES string of the molecule is CC(C)n1ccc(C(=O)NCC2(CF)CC2)n1. The van der Waals surface area contributed by atoms with Gasteiger partial charge >= 0.3 is 0 Å². The van der Waals surface area contributed by atoms with E-state index in [0.29, 0.717) is 12.2 Å². The van der Waals surface area contributed by atoms with Crippen molar-refractivity contribution in [3.8, 4) is 0 Å². The normalized spacial score (nSPS) is 17.2. The van der Waals surface area contributed by atoms with Gasteiger partial charge < -0.3 is 5.32 Å². The van der Waals surface area contributed by atoms with E-state index in [-0.39, 0.29) is 24.0 Å². The first-order chi connectivity index (χ1) is 8.06. The van der Waals surface area contributed by atoms with E-state index in [1.165, 1.54) is 0 Å². The fraction of sp³-hybridized carbons (Fsp3) is 0.667. The summed E-state index contributed by atoms with van der Waals surface area (Å²) in [4.78, 5) is 11.8. The lowest BCUT2D eigenvalue weighted by Crippen LogP contribution is -2.31. The molecule has 0 aliphatic heterocycles. The second-order valence-corrected chi connectivity index (χ2v) is 5.09. The number of aromatic nitrogens is 2. The minimum Gasteiger partial charge on any atom is -0.350 e. The maximum atomic E-state index is 12.6. The van der Waals surface area contributed by atoms with Crippen LogP contribution < -0.4 is 5.32 Å². The van der Waals surface area contributed by atoms with Crippen molar-refractivity contribution in [1.29, 1.82) is 0 Å². The van der Waals surface area contributed by atoms with E-state index < -0.39 is 0 Å². The van der Waals surface area contributed by atoms with Crippen LogP contribution >= 0.6 is 0 Å². The third-order valence-electron chi connectivity index (χ3n) is 3.23. The van der Waals surface area contributed by atoms with Crippen LogP contribution in [0.4, 0.5) is 4.39 Å².